The van der Waals surface area contributed by atoms with Gasteiger partial charge >= 0.3 is 5.97 Å². The Bertz CT molecular complexity index is 369. The molecule has 0 aromatic carbocycles. The van der Waals surface area contributed by atoms with E-state index >= 15 is 0 Å². The zero-order valence-electron chi connectivity index (χ0n) is 9.67. The number of carboxylic acids is 1. The van der Waals surface area contributed by atoms with Crippen LogP contribution in [0.2, 0.25) is 0 Å². The minimum Gasteiger partial charge on any atom is -0.481 e. The summed E-state index contributed by atoms with van der Waals surface area (Å²) in [6.07, 6.45) is 5.19. The fraction of sp³-hybridized carbons (Fsp3) is 0.583. The molecule has 1 aromatic heterocycles. The van der Waals surface area contributed by atoms with Gasteiger partial charge in [-0.25, -0.2) is 0 Å². The van der Waals surface area contributed by atoms with Crippen LogP contribution in [-0.2, 0) is 11.3 Å². The van der Waals surface area contributed by atoms with Crippen LogP contribution in [0.3, 0.4) is 0 Å². The van der Waals surface area contributed by atoms with Crippen LogP contribution in [0.25, 0.3) is 0 Å². The Morgan fingerprint density at radius 1 is 1.53 bits per heavy atom. The molecule has 92 valence electrons. The molecule has 0 saturated heterocycles. The minimum absolute atomic E-state index is 0.192. The van der Waals surface area contributed by atoms with Crippen LogP contribution in [0, 0.1) is 5.92 Å². The number of aromatic nitrogens is 2. The van der Waals surface area contributed by atoms with Gasteiger partial charge in [0.25, 0.3) is 0 Å². The molecular formula is C12H17N3O2. The van der Waals surface area contributed by atoms with Gasteiger partial charge in [-0.3, -0.25) is 4.79 Å². The average molecular weight is 235 g/mol. The van der Waals surface area contributed by atoms with Gasteiger partial charge < -0.3 is 10.4 Å². The highest BCUT2D eigenvalue weighted by Crippen LogP contribution is 2.24. The number of nitrogens with one attached hydrogen (secondary N) is 1. The lowest BCUT2D eigenvalue weighted by Crippen LogP contribution is -2.36. The van der Waals surface area contributed by atoms with Gasteiger partial charge in [0.1, 0.15) is 0 Å². The van der Waals surface area contributed by atoms with E-state index in [1.807, 2.05) is 12.1 Å². The van der Waals surface area contributed by atoms with Crippen molar-refractivity contribution in [2.45, 2.75) is 38.3 Å². The lowest BCUT2D eigenvalue weighted by Gasteiger charge is -2.27. The Labute approximate surface area is 100 Å². The molecule has 2 rings (SSSR count). The van der Waals surface area contributed by atoms with Crippen LogP contribution < -0.4 is 5.32 Å². The predicted octanol–water partition coefficient (Wildman–Crippen LogP) is 1.21. The number of rotatable bonds is 4. The van der Waals surface area contributed by atoms with Crippen LogP contribution >= 0.6 is 0 Å². The highest BCUT2D eigenvalue weighted by molar-refractivity contribution is 5.70. The van der Waals surface area contributed by atoms with E-state index in [1.165, 1.54) is 0 Å². The summed E-state index contributed by atoms with van der Waals surface area (Å²) in [5, 5.41) is 20.1. The number of nitrogens with zero attached hydrogens (tertiary/aromatic N) is 2. The van der Waals surface area contributed by atoms with Crippen molar-refractivity contribution < 1.29 is 9.90 Å². The molecule has 2 N–H and O–H groups in total. The van der Waals surface area contributed by atoms with Gasteiger partial charge in [0.2, 0.25) is 0 Å². The van der Waals surface area contributed by atoms with E-state index in [0.717, 1.165) is 31.4 Å². The number of carbonyl (C=O) groups is 1. The molecule has 1 fully saturated rings. The third-order valence-electron chi connectivity index (χ3n) is 3.22. The molecule has 0 aliphatic heterocycles. The fourth-order valence-corrected chi connectivity index (χ4v) is 2.28. The Balaban J connectivity index is 1.81. The van der Waals surface area contributed by atoms with E-state index in [4.69, 9.17) is 5.11 Å². The zero-order valence-corrected chi connectivity index (χ0v) is 9.67. The van der Waals surface area contributed by atoms with Crippen molar-refractivity contribution in [3.05, 3.63) is 24.0 Å². The summed E-state index contributed by atoms with van der Waals surface area (Å²) in [7, 11) is 0. The van der Waals surface area contributed by atoms with E-state index in [1.54, 1.807) is 6.20 Å². The predicted molar refractivity (Wildman–Crippen MR) is 62.3 cm³/mol. The molecule has 1 saturated carbocycles. The summed E-state index contributed by atoms with van der Waals surface area (Å²) in [5.74, 6) is -0.862. The molecule has 0 bridgehead atoms. The second kappa shape index (κ2) is 5.72. The summed E-state index contributed by atoms with van der Waals surface area (Å²) in [5.41, 5.74) is 0.893. The number of hydrogen-bond acceptors (Lipinski definition) is 4. The largest absolute Gasteiger partial charge is 0.481 e. The van der Waals surface area contributed by atoms with Crippen molar-refractivity contribution >= 4 is 5.97 Å². The second-order valence-corrected chi connectivity index (χ2v) is 4.49. The van der Waals surface area contributed by atoms with Gasteiger partial charge in [-0.2, -0.15) is 10.2 Å². The summed E-state index contributed by atoms with van der Waals surface area (Å²) < 4.78 is 0. The molecule has 17 heavy (non-hydrogen) atoms. The third kappa shape index (κ3) is 3.49. The van der Waals surface area contributed by atoms with Crippen molar-refractivity contribution in [3.63, 3.8) is 0 Å². The Morgan fingerprint density at radius 3 is 3.12 bits per heavy atom. The lowest BCUT2D eigenvalue weighted by molar-refractivity contribution is -0.143. The van der Waals surface area contributed by atoms with Crippen LogP contribution in [0.1, 0.15) is 31.4 Å². The van der Waals surface area contributed by atoms with Gasteiger partial charge in [-0.15, -0.1) is 0 Å². The summed E-state index contributed by atoms with van der Waals surface area (Å²) in [6, 6.07) is 4.05. The average Bonchev–Trinajstić information content (AvgIpc) is 2.38. The first kappa shape index (κ1) is 12.0. The van der Waals surface area contributed by atoms with Gasteiger partial charge in [0.05, 0.1) is 11.6 Å². The third-order valence-corrected chi connectivity index (χ3v) is 3.22. The smallest absolute Gasteiger partial charge is 0.306 e. The first-order chi connectivity index (χ1) is 8.25. The number of carboxylic acid groups (broad SMARTS) is 1. The number of hydrogen-bond donors (Lipinski definition) is 2. The van der Waals surface area contributed by atoms with Gasteiger partial charge in [0, 0.05) is 18.8 Å². The molecule has 1 aliphatic rings. The van der Waals surface area contributed by atoms with Crippen molar-refractivity contribution in [3.8, 4) is 0 Å². The maximum atomic E-state index is 10.9. The SMILES string of the molecule is O=C(O)C1CCCC(NCc2cccnn2)C1. The van der Waals surface area contributed by atoms with Crippen molar-refractivity contribution in [1.29, 1.82) is 0 Å². The summed E-state index contributed by atoms with van der Waals surface area (Å²) in [4.78, 5) is 10.9. The zero-order chi connectivity index (χ0) is 12.1. The van der Waals surface area contributed by atoms with Crippen LogP contribution in [0.4, 0.5) is 0 Å². The monoisotopic (exact) mass is 235 g/mol. The fourth-order valence-electron chi connectivity index (χ4n) is 2.28. The highest BCUT2D eigenvalue weighted by Gasteiger charge is 2.26. The quantitative estimate of drug-likeness (QED) is 0.820. The van der Waals surface area contributed by atoms with E-state index in [0.29, 0.717) is 6.54 Å². The van der Waals surface area contributed by atoms with E-state index in [9.17, 15) is 4.79 Å². The van der Waals surface area contributed by atoms with Gasteiger partial charge in [0.15, 0.2) is 0 Å². The summed E-state index contributed by atoms with van der Waals surface area (Å²) >= 11 is 0. The Hall–Kier alpha value is -1.49. The van der Waals surface area contributed by atoms with Crippen LogP contribution in [0.5, 0.6) is 0 Å². The Kier molecular flexibility index (Phi) is 4.03. The minimum atomic E-state index is -0.670. The molecule has 0 amide bonds. The lowest BCUT2D eigenvalue weighted by atomic mass is 9.86. The molecule has 0 radical (unpaired) electrons. The van der Waals surface area contributed by atoms with Crippen molar-refractivity contribution in [1.82, 2.24) is 15.5 Å². The van der Waals surface area contributed by atoms with E-state index in [-0.39, 0.29) is 12.0 Å². The molecule has 2 atom stereocenters. The van der Waals surface area contributed by atoms with Crippen LogP contribution in [-0.4, -0.2) is 27.3 Å². The first-order valence-corrected chi connectivity index (χ1v) is 5.98. The van der Waals surface area contributed by atoms with Gasteiger partial charge in [-0.05, 0) is 31.4 Å². The normalized spacial score (nSPS) is 24.5. The first-order valence-electron chi connectivity index (χ1n) is 5.98. The molecule has 1 aromatic rings. The molecule has 5 heteroatoms. The highest BCUT2D eigenvalue weighted by atomic mass is 16.4. The maximum Gasteiger partial charge on any atom is 0.306 e. The summed E-state index contributed by atoms with van der Waals surface area (Å²) in [6.45, 7) is 0.658. The maximum absolute atomic E-state index is 10.9. The van der Waals surface area contributed by atoms with E-state index < -0.39 is 5.97 Å². The molecule has 1 heterocycles. The number of aliphatic carboxylic acids is 1. The molecular weight excluding hydrogens is 218 g/mol. The second-order valence-electron chi connectivity index (χ2n) is 4.49. The van der Waals surface area contributed by atoms with E-state index in [2.05, 4.69) is 15.5 Å². The van der Waals surface area contributed by atoms with Gasteiger partial charge in [-0.1, -0.05) is 6.42 Å². The van der Waals surface area contributed by atoms with Crippen LogP contribution in [0.15, 0.2) is 18.3 Å². The standard InChI is InChI=1S/C12H17N3O2/c16-12(17)9-3-1-4-10(7-9)13-8-11-5-2-6-14-15-11/h2,5-6,9-10,13H,1,3-4,7-8H2,(H,16,17). The van der Waals surface area contributed by atoms with Crippen molar-refractivity contribution in [2.24, 2.45) is 5.92 Å². The molecule has 1 aliphatic carbocycles. The molecule has 2 unspecified atom stereocenters. The van der Waals surface area contributed by atoms with Crippen molar-refractivity contribution in [2.75, 3.05) is 0 Å². The Morgan fingerprint density at radius 2 is 2.41 bits per heavy atom. The molecule has 0 spiro atoms. The topological polar surface area (TPSA) is 75.1 Å². The molecule has 5 nitrogen and oxygen atoms in total.